The van der Waals surface area contributed by atoms with Crippen molar-refractivity contribution >= 4 is 11.6 Å². The van der Waals surface area contributed by atoms with E-state index in [0.717, 1.165) is 0 Å². The second kappa shape index (κ2) is 9.17. The van der Waals surface area contributed by atoms with Crippen LogP contribution < -0.4 is 14.8 Å². The van der Waals surface area contributed by atoms with Crippen LogP contribution in [0.15, 0.2) is 69.8 Å². The van der Waals surface area contributed by atoms with E-state index in [4.69, 9.17) is 18.4 Å². The summed E-state index contributed by atoms with van der Waals surface area (Å²) in [7, 11) is 0. The summed E-state index contributed by atoms with van der Waals surface area (Å²) < 4.78 is 21.8. The minimum Gasteiger partial charge on any atom is -0.490 e. The Morgan fingerprint density at radius 2 is 1.81 bits per heavy atom. The van der Waals surface area contributed by atoms with Crippen molar-refractivity contribution in [3.63, 3.8) is 0 Å². The zero-order valence-corrected chi connectivity index (χ0v) is 17.1. The van der Waals surface area contributed by atoms with E-state index in [2.05, 4.69) is 15.5 Å². The summed E-state index contributed by atoms with van der Waals surface area (Å²) in [5.41, 5.74) is 2.00. The topological polar surface area (TPSA) is 99.6 Å². The third kappa shape index (κ3) is 4.58. The third-order valence-corrected chi connectivity index (χ3v) is 4.34. The lowest BCUT2D eigenvalue weighted by molar-refractivity contribution is 0.0996. The van der Waals surface area contributed by atoms with E-state index >= 15 is 0 Å². The first-order valence-corrected chi connectivity index (χ1v) is 9.87. The number of rotatable bonds is 8. The van der Waals surface area contributed by atoms with Crippen molar-refractivity contribution in [3.05, 3.63) is 66.6 Å². The van der Waals surface area contributed by atoms with Gasteiger partial charge in [0.25, 0.3) is 11.8 Å². The highest BCUT2D eigenvalue weighted by Gasteiger charge is 2.15. The van der Waals surface area contributed by atoms with E-state index in [1.54, 1.807) is 30.3 Å². The first kappa shape index (κ1) is 20.2. The zero-order valence-electron chi connectivity index (χ0n) is 17.1. The number of nitrogens with zero attached hydrogens (tertiary/aromatic N) is 2. The molecule has 1 N–H and O–H groups in total. The van der Waals surface area contributed by atoms with Crippen molar-refractivity contribution in [2.45, 2.75) is 13.8 Å². The van der Waals surface area contributed by atoms with Gasteiger partial charge in [-0.05, 0) is 56.3 Å². The number of furan rings is 1. The van der Waals surface area contributed by atoms with Gasteiger partial charge in [-0.15, -0.1) is 0 Å². The fraction of sp³-hybridized carbons (Fsp3) is 0.174. The lowest BCUT2D eigenvalue weighted by Gasteiger charge is -2.11. The molecule has 1 amide bonds. The van der Waals surface area contributed by atoms with Crippen LogP contribution in [0.1, 0.15) is 24.4 Å². The second-order valence-electron chi connectivity index (χ2n) is 6.46. The van der Waals surface area contributed by atoms with E-state index < -0.39 is 0 Å². The van der Waals surface area contributed by atoms with Crippen molar-refractivity contribution < 1.29 is 23.2 Å². The fourth-order valence-electron chi connectivity index (χ4n) is 2.98. The first-order chi connectivity index (χ1) is 15.2. The maximum absolute atomic E-state index is 12.2. The Morgan fingerprint density at radius 1 is 0.968 bits per heavy atom. The van der Waals surface area contributed by atoms with Gasteiger partial charge in [-0.3, -0.25) is 4.79 Å². The molecule has 2 aromatic carbocycles. The molecule has 158 valence electrons. The van der Waals surface area contributed by atoms with Crippen molar-refractivity contribution in [2.24, 2.45) is 0 Å². The van der Waals surface area contributed by atoms with Crippen LogP contribution in [-0.2, 0) is 0 Å². The molecular formula is C23H21N3O5. The van der Waals surface area contributed by atoms with Crippen LogP contribution >= 0.6 is 0 Å². The highest BCUT2D eigenvalue weighted by molar-refractivity contribution is 6.02. The smallest absolute Gasteiger partial charge is 0.291 e. The molecule has 0 saturated carbocycles. The monoisotopic (exact) mass is 419 g/mol. The molecule has 31 heavy (non-hydrogen) atoms. The Kier molecular flexibility index (Phi) is 5.98. The van der Waals surface area contributed by atoms with Gasteiger partial charge in [-0.2, -0.15) is 4.98 Å². The van der Waals surface area contributed by atoms with E-state index in [1.165, 1.54) is 6.26 Å². The molecule has 0 radical (unpaired) electrons. The largest absolute Gasteiger partial charge is 0.490 e. The molecule has 8 heteroatoms. The molecule has 2 aromatic heterocycles. The molecule has 0 unspecified atom stereocenters. The zero-order chi connectivity index (χ0) is 21.6. The molecule has 0 aliphatic carbocycles. The maximum Gasteiger partial charge on any atom is 0.291 e. The number of hydrogen-bond acceptors (Lipinski definition) is 7. The van der Waals surface area contributed by atoms with Crippen LogP contribution in [0.4, 0.5) is 5.69 Å². The number of amides is 1. The van der Waals surface area contributed by atoms with Crippen molar-refractivity contribution in [1.29, 1.82) is 0 Å². The molecule has 2 heterocycles. The summed E-state index contributed by atoms with van der Waals surface area (Å²) in [4.78, 5) is 16.7. The molecule has 0 fully saturated rings. The summed E-state index contributed by atoms with van der Waals surface area (Å²) in [6.45, 7) is 4.87. The number of hydrogen-bond donors (Lipinski definition) is 1. The van der Waals surface area contributed by atoms with Gasteiger partial charge >= 0.3 is 0 Å². The average molecular weight is 419 g/mol. The summed E-state index contributed by atoms with van der Waals surface area (Å²) in [6, 6.07) is 15.9. The molecule has 4 rings (SSSR count). The van der Waals surface area contributed by atoms with E-state index in [-0.39, 0.29) is 11.7 Å². The molecule has 0 atom stereocenters. The van der Waals surface area contributed by atoms with Crippen molar-refractivity contribution in [1.82, 2.24) is 10.1 Å². The molecular weight excluding hydrogens is 398 g/mol. The average Bonchev–Trinajstić information content (AvgIpc) is 3.48. The first-order valence-electron chi connectivity index (χ1n) is 9.87. The number of benzene rings is 2. The van der Waals surface area contributed by atoms with Crippen LogP contribution in [0.5, 0.6) is 11.5 Å². The molecule has 0 bridgehead atoms. The Balaban J connectivity index is 1.56. The Bertz CT molecular complexity index is 1170. The molecule has 0 aliphatic heterocycles. The van der Waals surface area contributed by atoms with Gasteiger partial charge in [0.2, 0.25) is 5.82 Å². The summed E-state index contributed by atoms with van der Waals surface area (Å²) in [5.74, 6) is 1.92. The van der Waals surface area contributed by atoms with Gasteiger partial charge in [-0.25, -0.2) is 0 Å². The molecule has 8 nitrogen and oxygen atoms in total. The predicted octanol–water partition coefficient (Wildman–Crippen LogP) is 5.05. The predicted molar refractivity (Wildman–Crippen MR) is 114 cm³/mol. The molecule has 0 saturated heterocycles. The minimum atomic E-state index is -0.339. The Labute approximate surface area is 178 Å². The summed E-state index contributed by atoms with van der Waals surface area (Å²) in [5, 5.41) is 6.86. The summed E-state index contributed by atoms with van der Waals surface area (Å²) >= 11 is 0. The van der Waals surface area contributed by atoms with Crippen LogP contribution in [0, 0.1) is 0 Å². The standard InChI is InChI=1S/C23H21N3O5/c1-3-28-18-11-10-16(14-20(18)29-4-2)23-25-21(26-31-23)15-7-5-8-17(13-15)24-22(27)19-9-6-12-30-19/h5-14H,3-4H2,1-2H3,(H,24,27). The number of carbonyl (C=O) groups excluding carboxylic acids is 1. The van der Waals surface area contributed by atoms with Gasteiger partial charge < -0.3 is 23.7 Å². The molecule has 4 aromatic rings. The number of aromatic nitrogens is 2. The number of nitrogens with one attached hydrogen (secondary N) is 1. The number of anilines is 1. The minimum absolute atomic E-state index is 0.229. The third-order valence-electron chi connectivity index (χ3n) is 4.34. The van der Waals surface area contributed by atoms with Gasteiger partial charge in [0.05, 0.1) is 19.5 Å². The Morgan fingerprint density at radius 3 is 2.58 bits per heavy atom. The van der Waals surface area contributed by atoms with Crippen molar-refractivity contribution in [2.75, 3.05) is 18.5 Å². The Hall–Kier alpha value is -4.07. The van der Waals surface area contributed by atoms with Crippen LogP contribution in [0.25, 0.3) is 22.8 Å². The van der Waals surface area contributed by atoms with Crippen LogP contribution in [0.2, 0.25) is 0 Å². The quantitative estimate of drug-likeness (QED) is 0.427. The van der Waals surface area contributed by atoms with Crippen molar-refractivity contribution in [3.8, 4) is 34.3 Å². The second-order valence-corrected chi connectivity index (χ2v) is 6.46. The van der Waals surface area contributed by atoms with Gasteiger partial charge in [0.15, 0.2) is 17.3 Å². The lowest BCUT2D eigenvalue weighted by Crippen LogP contribution is -2.10. The van der Waals surface area contributed by atoms with Gasteiger partial charge in [0.1, 0.15) is 0 Å². The number of ether oxygens (including phenoxy) is 2. The van der Waals surface area contributed by atoms with E-state index in [1.807, 2.05) is 38.1 Å². The SMILES string of the molecule is CCOc1ccc(-c2nc(-c3cccc(NC(=O)c4ccco4)c3)no2)cc1OCC. The van der Waals surface area contributed by atoms with Gasteiger partial charge in [0, 0.05) is 16.8 Å². The van der Waals surface area contributed by atoms with Gasteiger partial charge in [-0.1, -0.05) is 17.3 Å². The van der Waals surface area contributed by atoms with E-state index in [9.17, 15) is 4.79 Å². The maximum atomic E-state index is 12.2. The molecule has 0 aliphatic rings. The lowest BCUT2D eigenvalue weighted by atomic mass is 10.1. The van der Waals surface area contributed by atoms with E-state index in [0.29, 0.717) is 53.2 Å². The highest BCUT2D eigenvalue weighted by atomic mass is 16.5. The van der Waals surface area contributed by atoms with Crippen LogP contribution in [-0.4, -0.2) is 29.3 Å². The number of carbonyl (C=O) groups is 1. The normalized spacial score (nSPS) is 10.6. The molecule has 0 spiro atoms. The highest BCUT2D eigenvalue weighted by Crippen LogP contribution is 2.33. The van der Waals surface area contributed by atoms with Crippen LogP contribution in [0.3, 0.4) is 0 Å². The fourth-order valence-corrected chi connectivity index (χ4v) is 2.98. The summed E-state index contributed by atoms with van der Waals surface area (Å²) in [6.07, 6.45) is 1.45.